The maximum Gasteiger partial charge on any atom is 0.328 e. The van der Waals surface area contributed by atoms with Crippen molar-refractivity contribution in [2.24, 2.45) is 5.84 Å². The molecule has 1 aromatic rings. The van der Waals surface area contributed by atoms with Crippen LogP contribution in [0.3, 0.4) is 0 Å². The van der Waals surface area contributed by atoms with E-state index in [0.29, 0.717) is 0 Å². The van der Waals surface area contributed by atoms with Gasteiger partial charge in [0.1, 0.15) is 0 Å². The van der Waals surface area contributed by atoms with E-state index < -0.39 is 5.97 Å². The molecule has 4 heteroatoms. The van der Waals surface area contributed by atoms with Crippen molar-refractivity contribution in [3.8, 4) is 0 Å². The average molecular weight is 192 g/mol. The van der Waals surface area contributed by atoms with E-state index >= 15 is 0 Å². The molecule has 4 N–H and O–H groups in total. The number of nitrogens with two attached hydrogens (primary N) is 1. The zero-order valence-corrected chi connectivity index (χ0v) is 7.82. The van der Waals surface area contributed by atoms with Crippen LogP contribution in [0.25, 0.3) is 6.08 Å². The summed E-state index contributed by atoms with van der Waals surface area (Å²) in [6.07, 6.45) is 2.60. The molecule has 0 radical (unpaired) electrons. The Hall–Kier alpha value is -1.81. The van der Waals surface area contributed by atoms with Gasteiger partial charge in [-0.3, -0.25) is 5.84 Å². The van der Waals surface area contributed by atoms with Crippen molar-refractivity contribution in [2.45, 2.75) is 6.92 Å². The molecule has 0 amide bonds. The monoisotopic (exact) mass is 192 g/mol. The number of hydrogen-bond donors (Lipinski definition) is 3. The number of nitrogens with one attached hydrogen (secondary N) is 1. The van der Waals surface area contributed by atoms with Gasteiger partial charge in [0, 0.05) is 6.08 Å². The zero-order valence-electron chi connectivity index (χ0n) is 7.82. The summed E-state index contributed by atoms with van der Waals surface area (Å²) in [6.45, 7) is 1.92. The lowest BCUT2D eigenvalue weighted by atomic mass is 10.1. The molecule has 1 aromatic carbocycles. The van der Waals surface area contributed by atoms with Gasteiger partial charge in [0.25, 0.3) is 0 Å². The topological polar surface area (TPSA) is 75.3 Å². The SMILES string of the molecule is Cc1ccc(/C=C/C(=O)O)cc1NN. The van der Waals surface area contributed by atoms with Crippen LogP contribution in [0.1, 0.15) is 11.1 Å². The first-order valence-electron chi connectivity index (χ1n) is 4.12. The van der Waals surface area contributed by atoms with Crippen molar-refractivity contribution in [1.29, 1.82) is 0 Å². The van der Waals surface area contributed by atoms with E-state index in [0.717, 1.165) is 22.9 Å². The van der Waals surface area contributed by atoms with Crippen LogP contribution in [0.4, 0.5) is 5.69 Å². The highest BCUT2D eigenvalue weighted by molar-refractivity contribution is 5.85. The normalized spacial score (nSPS) is 10.4. The minimum absolute atomic E-state index is 0.789. The van der Waals surface area contributed by atoms with Gasteiger partial charge in [0.05, 0.1) is 5.69 Å². The molecular formula is C10H12N2O2. The predicted octanol–water partition coefficient (Wildman–Crippen LogP) is 1.38. The molecule has 0 saturated heterocycles. The first-order chi connectivity index (χ1) is 6.63. The third kappa shape index (κ3) is 2.60. The van der Waals surface area contributed by atoms with Gasteiger partial charge >= 0.3 is 5.97 Å². The molecule has 0 unspecified atom stereocenters. The van der Waals surface area contributed by atoms with Crippen LogP contribution < -0.4 is 11.3 Å². The third-order valence-corrected chi connectivity index (χ3v) is 1.84. The molecule has 4 nitrogen and oxygen atoms in total. The molecule has 0 bridgehead atoms. The Balaban J connectivity index is 2.95. The van der Waals surface area contributed by atoms with Gasteiger partial charge in [0.15, 0.2) is 0 Å². The number of carbonyl (C=O) groups is 1. The fourth-order valence-corrected chi connectivity index (χ4v) is 1.07. The smallest absolute Gasteiger partial charge is 0.328 e. The first kappa shape index (κ1) is 10.3. The Labute approximate surface area is 82.0 Å². The van der Waals surface area contributed by atoms with Gasteiger partial charge in [-0.2, -0.15) is 0 Å². The molecule has 14 heavy (non-hydrogen) atoms. The molecule has 0 heterocycles. The van der Waals surface area contributed by atoms with Crippen LogP contribution >= 0.6 is 0 Å². The quantitative estimate of drug-likeness (QED) is 0.384. The number of hydrazine groups is 1. The maximum absolute atomic E-state index is 10.3. The van der Waals surface area contributed by atoms with Crippen LogP contribution in [0.15, 0.2) is 24.3 Å². The van der Waals surface area contributed by atoms with Crippen LogP contribution in [0, 0.1) is 6.92 Å². The van der Waals surface area contributed by atoms with E-state index in [2.05, 4.69) is 5.43 Å². The fourth-order valence-electron chi connectivity index (χ4n) is 1.07. The highest BCUT2D eigenvalue weighted by Crippen LogP contribution is 2.16. The van der Waals surface area contributed by atoms with Crippen LogP contribution in [-0.4, -0.2) is 11.1 Å². The van der Waals surface area contributed by atoms with Crippen LogP contribution in [0.5, 0.6) is 0 Å². The average Bonchev–Trinajstić information content (AvgIpc) is 2.16. The van der Waals surface area contributed by atoms with Gasteiger partial charge in [-0.05, 0) is 30.2 Å². The molecule has 0 atom stereocenters. The second-order valence-corrected chi connectivity index (χ2v) is 2.89. The Morgan fingerprint density at radius 2 is 2.29 bits per heavy atom. The van der Waals surface area contributed by atoms with Crippen LogP contribution in [-0.2, 0) is 4.79 Å². The first-order valence-corrected chi connectivity index (χ1v) is 4.12. The number of aliphatic carboxylic acids is 1. The molecule has 0 aliphatic carbocycles. The maximum atomic E-state index is 10.3. The molecule has 0 saturated carbocycles. The summed E-state index contributed by atoms with van der Waals surface area (Å²) < 4.78 is 0. The number of nitrogen functional groups attached to an aromatic ring is 1. The standard InChI is InChI=1S/C10H12N2O2/c1-7-2-3-8(4-5-10(13)14)6-9(7)12-11/h2-6,12H,11H2,1H3,(H,13,14)/b5-4+. The molecule has 74 valence electrons. The second-order valence-electron chi connectivity index (χ2n) is 2.89. The summed E-state index contributed by atoms with van der Waals surface area (Å²) in [4.78, 5) is 10.3. The Bertz CT molecular complexity index is 372. The number of carboxylic acid groups (broad SMARTS) is 1. The summed E-state index contributed by atoms with van der Waals surface area (Å²) in [5.41, 5.74) is 5.14. The fraction of sp³-hybridized carbons (Fsp3) is 0.100. The lowest BCUT2D eigenvalue weighted by Gasteiger charge is -2.04. The van der Waals surface area contributed by atoms with E-state index in [1.54, 1.807) is 6.07 Å². The van der Waals surface area contributed by atoms with Gasteiger partial charge in [0.2, 0.25) is 0 Å². The third-order valence-electron chi connectivity index (χ3n) is 1.84. The van der Waals surface area contributed by atoms with Crippen molar-refractivity contribution >= 4 is 17.7 Å². The molecule has 0 aromatic heterocycles. The number of rotatable bonds is 3. The number of aryl methyl sites for hydroxylation is 1. The van der Waals surface area contributed by atoms with E-state index in [-0.39, 0.29) is 0 Å². The minimum atomic E-state index is -0.965. The molecule has 0 aliphatic rings. The van der Waals surface area contributed by atoms with Crippen molar-refractivity contribution < 1.29 is 9.90 Å². The molecule has 0 aliphatic heterocycles. The van der Waals surface area contributed by atoms with Crippen molar-refractivity contribution in [3.05, 3.63) is 35.4 Å². The van der Waals surface area contributed by atoms with Gasteiger partial charge in [-0.25, -0.2) is 4.79 Å². The molecule has 1 rings (SSSR count). The summed E-state index contributed by atoms with van der Waals surface area (Å²) in [7, 11) is 0. The largest absolute Gasteiger partial charge is 0.478 e. The number of benzene rings is 1. The lowest BCUT2D eigenvalue weighted by Crippen LogP contribution is -2.08. The predicted molar refractivity (Wildman–Crippen MR) is 55.7 cm³/mol. The second kappa shape index (κ2) is 4.43. The Kier molecular flexibility index (Phi) is 3.25. The Morgan fingerprint density at radius 1 is 1.57 bits per heavy atom. The van der Waals surface area contributed by atoms with E-state index in [1.165, 1.54) is 6.08 Å². The van der Waals surface area contributed by atoms with Crippen molar-refractivity contribution in [2.75, 3.05) is 5.43 Å². The Morgan fingerprint density at radius 3 is 2.86 bits per heavy atom. The van der Waals surface area contributed by atoms with Gasteiger partial charge in [-0.1, -0.05) is 12.1 Å². The molecular weight excluding hydrogens is 180 g/mol. The summed E-state index contributed by atoms with van der Waals surface area (Å²) in [5.74, 6) is 4.32. The van der Waals surface area contributed by atoms with Gasteiger partial charge in [-0.15, -0.1) is 0 Å². The molecule has 0 spiro atoms. The minimum Gasteiger partial charge on any atom is -0.478 e. The number of hydrogen-bond acceptors (Lipinski definition) is 3. The highest BCUT2D eigenvalue weighted by atomic mass is 16.4. The number of anilines is 1. The van der Waals surface area contributed by atoms with Gasteiger partial charge < -0.3 is 10.5 Å². The van der Waals surface area contributed by atoms with Crippen LogP contribution in [0.2, 0.25) is 0 Å². The molecule has 0 fully saturated rings. The summed E-state index contributed by atoms with van der Waals surface area (Å²) in [5, 5.41) is 8.43. The summed E-state index contributed by atoms with van der Waals surface area (Å²) >= 11 is 0. The summed E-state index contributed by atoms with van der Waals surface area (Å²) in [6, 6.07) is 5.49. The number of carboxylic acids is 1. The van der Waals surface area contributed by atoms with Crippen molar-refractivity contribution in [1.82, 2.24) is 0 Å². The zero-order chi connectivity index (χ0) is 10.6. The van der Waals surface area contributed by atoms with E-state index in [9.17, 15) is 4.79 Å². The van der Waals surface area contributed by atoms with Crippen molar-refractivity contribution in [3.63, 3.8) is 0 Å². The van der Waals surface area contributed by atoms with E-state index in [1.807, 2.05) is 19.1 Å². The lowest BCUT2D eigenvalue weighted by molar-refractivity contribution is -0.131. The van der Waals surface area contributed by atoms with E-state index in [4.69, 9.17) is 10.9 Å². The highest BCUT2D eigenvalue weighted by Gasteiger charge is 1.96.